The van der Waals surface area contributed by atoms with Gasteiger partial charge in [-0.15, -0.1) is 0 Å². The molecule has 2 rings (SSSR count). The standard InChI is InChI=1S/C14H20N2O2/c17-14(12-5-4-8-15-11-12)16-9-10-18-13-6-2-1-3-7-13/h1-3,6-7,12,15H,4-5,8-11H2,(H,16,17)/t12-/m1/s1. The summed E-state index contributed by atoms with van der Waals surface area (Å²) in [6.07, 6.45) is 2.07. The Morgan fingerprint density at radius 3 is 2.94 bits per heavy atom. The van der Waals surface area contributed by atoms with Crippen LogP contribution in [0.4, 0.5) is 0 Å². The maximum atomic E-state index is 11.8. The maximum Gasteiger partial charge on any atom is 0.224 e. The van der Waals surface area contributed by atoms with Crippen molar-refractivity contribution < 1.29 is 9.53 Å². The summed E-state index contributed by atoms with van der Waals surface area (Å²) in [5, 5.41) is 6.16. The van der Waals surface area contributed by atoms with Crippen molar-refractivity contribution in [3.8, 4) is 5.75 Å². The Labute approximate surface area is 108 Å². The fraction of sp³-hybridized carbons (Fsp3) is 0.500. The molecule has 0 radical (unpaired) electrons. The lowest BCUT2D eigenvalue weighted by Gasteiger charge is -2.21. The molecule has 0 spiro atoms. The van der Waals surface area contributed by atoms with E-state index in [0.717, 1.165) is 31.7 Å². The summed E-state index contributed by atoms with van der Waals surface area (Å²) in [5.74, 6) is 1.10. The van der Waals surface area contributed by atoms with E-state index in [1.54, 1.807) is 0 Å². The van der Waals surface area contributed by atoms with E-state index in [1.807, 2.05) is 30.3 Å². The second-order valence-corrected chi connectivity index (χ2v) is 4.50. The third-order valence-electron chi connectivity index (χ3n) is 3.08. The predicted molar refractivity (Wildman–Crippen MR) is 70.5 cm³/mol. The van der Waals surface area contributed by atoms with Gasteiger partial charge in [-0.25, -0.2) is 0 Å². The highest BCUT2D eigenvalue weighted by Gasteiger charge is 2.19. The molecule has 1 aromatic rings. The number of hydrogen-bond acceptors (Lipinski definition) is 3. The van der Waals surface area contributed by atoms with Gasteiger partial charge in [0.15, 0.2) is 0 Å². The topological polar surface area (TPSA) is 50.4 Å². The minimum atomic E-state index is 0.121. The number of amides is 1. The fourth-order valence-corrected chi connectivity index (χ4v) is 2.08. The number of benzene rings is 1. The quantitative estimate of drug-likeness (QED) is 0.769. The van der Waals surface area contributed by atoms with Crippen LogP contribution in [-0.4, -0.2) is 32.1 Å². The van der Waals surface area contributed by atoms with E-state index < -0.39 is 0 Å². The van der Waals surface area contributed by atoms with E-state index in [0.29, 0.717) is 13.2 Å². The molecule has 0 bridgehead atoms. The van der Waals surface area contributed by atoms with E-state index in [1.165, 1.54) is 0 Å². The molecule has 1 saturated heterocycles. The Bertz CT molecular complexity index is 361. The molecule has 1 atom stereocenters. The van der Waals surface area contributed by atoms with Gasteiger partial charge >= 0.3 is 0 Å². The van der Waals surface area contributed by atoms with E-state index in [4.69, 9.17) is 4.74 Å². The smallest absolute Gasteiger partial charge is 0.224 e. The van der Waals surface area contributed by atoms with Crippen LogP contribution in [0.25, 0.3) is 0 Å². The van der Waals surface area contributed by atoms with Gasteiger partial charge in [-0.1, -0.05) is 18.2 Å². The number of nitrogens with one attached hydrogen (secondary N) is 2. The highest BCUT2D eigenvalue weighted by molar-refractivity contribution is 5.78. The van der Waals surface area contributed by atoms with Gasteiger partial charge in [-0.2, -0.15) is 0 Å². The first kappa shape index (κ1) is 12.9. The average Bonchev–Trinajstić information content (AvgIpc) is 2.45. The lowest BCUT2D eigenvalue weighted by Crippen LogP contribution is -2.41. The normalized spacial score (nSPS) is 19.2. The predicted octanol–water partition coefficient (Wildman–Crippen LogP) is 1.18. The van der Waals surface area contributed by atoms with E-state index in [9.17, 15) is 4.79 Å². The molecule has 18 heavy (non-hydrogen) atoms. The van der Waals surface area contributed by atoms with Gasteiger partial charge in [-0.3, -0.25) is 4.79 Å². The molecule has 0 saturated carbocycles. The molecule has 0 aliphatic carbocycles. The highest BCUT2D eigenvalue weighted by Crippen LogP contribution is 2.10. The van der Waals surface area contributed by atoms with Crippen molar-refractivity contribution in [3.05, 3.63) is 30.3 Å². The molecular weight excluding hydrogens is 228 g/mol. The second kappa shape index (κ2) is 7.01. The van der Waals surface area contributed by atoms with Crippen LogP contribution in [-0.2, 0) is 4.79 Å². The third kappa shape index (κ3) is 4.04. The minimum absolute atomic E-state index is 0.121. The van der Waals surface area contributed by atoms with Crippen molar-refractivity contribution >= 4 is 5.91 Å². The molecule has 4 heteroatoms. The monoisotopic (exact) mass is 248 g/mol. The Hall–Kier alpha value is -1.55. The van der Waals surface area contributed by atoms with Crippen LogP contribution in [0.1, 0.15) is 12.8 Å². The first-order chi connectivity index (χ1) is 8.86. The number of piperidine rings is 1. The number of hydrogen-bond donors (Lipinski definition) is 2. The van der Waals surface area contributed by atoms with Crippen LogP contribution in [0.5, 0.6) is 5.75 Å². The molecule has 98 valence electrons. The summed E-state index contributed by atoms with van der Waals surface area (Å²) >= 11 is 0. The summed E-state index contributed by atoms with van der Waals surface area (Å²) in [5.41, 5.74) is 0. The largest absolute Gasteiger partial charge is 0.492 e. The Morgan fingerprint density at radius 2 is 2.22 bits per heavy atom. The van der Waals surface area contributed by atoms with Gasteiger partial charge in [-0.05, 0) is 31.5 Å². The van der Waals surface area contributed by atoms with Gasteiger partial charge in [0.25, 0.3) is 0 Å². The summed E-state index contributed by atoms with van der Waals surface area (Å²) in [7, 11) is 0. The summed E-state index contributed by atoms with van der Waals surface area (Å²) in [6.45, 7) is 2.90. The molecular formula is C14H20N2O2. The summed E-state index contributed by atoms with van der Waals surface area (Å²) < 4.78 is 5.51. The molecule has 0 unspecified atom stereocenters. The number of para-hydroxylation sites is 1. The molecule has 2 N–H and O–H groups in total. The first-order valence-corrected chi connectivity index (χ1v) is 6.52. The molecule has 1 aromatic carbocycles. The van der Waals surface area contributed by atoms with Crippen molar-refractivity contribution in [1.82, 2.24) is 10.6 Å². The van der Waals surface area contributed by atoms with Crippen molar-refractivity contribution in [2.24, 2.45) is 5.92 Å². The van der Waals surface area contributed by atoms with E-state index in [2.05, 4.69) is 10.6 Å². The number of carbonyl (C=O) groups is 1. The minimum Gasteiger partial charge on any atom is -0.492 e. The van der Waals surface area contributed by atoms with Gasteiger partial charge in [0.05, 0.1) is 12.5 Å². The van der Waals surface area contributed by atoms with Gasteiger partial charge < -0.3 is 15.4 Å². The van der Waals surface area contributed by atoms with Crippen LogP contribution in [0.2, 0.25) is 0 Å². The fourth-order valence-electron chi connectivity index (χ4n) is 2.08. The molecule has 1 aliphatic heterocycles. The van der Waals surface area contributed by atoms with Gasteiger partial charge in [0.1, 0.15) is 12.4 Å². The number of carbonyl (C=O) groups excluding carboxylic acids is 1. The van der Waals surface area contributed by atoms with E-state index in [-0.39, 0.29) is 11.8 Å². The van der Waals surface area contributed by atoms with Crippen molar-refractivity contribution in [3.63, 3.8) is 0 Å². The molecule has 1 heterocycles. The molecule has 1 fully saturated rings. The Kier molecular flexibility index (Phi) is 5.02. The number of rotatable bonds is 5. The first-order valence-electron chi connectivity index (χ1n) is 6.52. The zero-order chi connectivity index (χ0) is 12.6. The third-order valence-corrected chi connectivity index (χ3v) is 3.08. The second-order valence-electron chi connectivity index (χ2n) is 4.50. The molecule has 1 aliphatic rings. The summed E-state index contributed by atoms with van der Waals surface area (Å²) in [4.78, 5) is 11.8. The van der Waals surface area contributed by atoms with Crippen molar-refractivity contribution in [2.45, 2.75) is 12.8 Å². The lowest BCUT2D eigenvalue weighted by atomic mass is 9.99. The van der Waals surface area contributed by atoms with Crippen molar-refractivity contribution in [1.29, 1.82) is 0 Å². The Balaban J connectivity index is 1.61. The van der Waals surface area contributed by atoms with Crippen molar-refractivity contribution in [2.75, 3.05) is 26.2 Å². The average molecular weight is 248 g/mol. The molecule has 1 amide bonds. The SMILES string of the molecule is O=C(NCCOc1ccccc1)[C@@H]1CCCNC1. The zero-order valence-electron chi connectivity index (χ0n) is 10.5. The highest BCUT2D eigenvalue weighted by atomic mass is 16.5. The van der Waals surface area contributed by atoms with Gasteiger partial charge in [0, 0.05) is 6.54 Å². The summed E-state index contributed by atoms with van der Waals surface area (Å²) in [6, 6.07) is 9.63. The number of ether oxygens (including phenoxy) is 1. The maximum absolute atomic E-state index is 11.8. The van der Waals surface area contributed by atoms with Crippen LogP contribution in [0.15, 0.2) is 30.3 Å². The lowest BCUT2D eigenvalue weighted by molar-refractivity contribution is -0.125. The van der Waals surface area contributed by atoms with Crippen LogP contribution >= 0.6 is 0 Å². The molecule has 4 nitrogen and oxygen atoms in total. The molecule has 0 aromatic heterocycles. The van der Waals surface area contributed by atoms with Crippen LogP contribution in [0.3, 0.4) is 0 Å². The zero-order valence-corrected chi connectivity index (χ0v) is 10.5. The van der Waals surface area contributed by atoms with Gasteiger partial charge in [0.2, 0.25) is 5.91 Å². The van der Waals surface area contributed by atoms with Crippen LogP contribution in [0, 0.1) is 5.92 Å². The Morgan fingerprint density at radius 1 is 1.39 bits per heavy atom. The van der Waals surface area contributed by atoms with Crippen LogP contribution < -0.4 is 15.4 Å². The van der Waals surface area contributed by atoms with E-state index >= 15 is 0 Å².